The predicted molar refractivity (Wildman–Crippen MR) is 135 cm³/mol. The van der Waals surface area contributed by atoms with Gasteiger partial charge >= 0.3 is 0 Å². The first-order valence-electron chi connectivity index (χ1n) is 11.7. The minimum absolute atomic E-state index is 0.173. The lowest BCUT2D eigenvalue weighted by Crippen LogP contribution is -2.34. The summed E-state index contributed by atoms with van der Waals surface area (Å²) in [7, 11) is 1.79. The molecule has 0 saturated carbocycles. The highest BCUT2D eigenvalue weighted by molar-refractivity contribution is 5.65. The average Bonchev–Trinajstić information content (AvgIpc) is 3.48. The van der Waals surface area contributed by atoms with Crippen LogP contribution < -0.4 is 4.74 Å². The first kappa shape index (κ1) is 25.4. The van der Waals surface area contributed by atoms with Gasteiger partial charge in [0.25, 0.3) is 0 Å². The van der Waals surface area contributed by atoms with Gasteiger partial charge in [-0.1, -0.05) is 42.5 Å². The molecule has 0 saturated heterocycles. The zero-order chi connectivity index (χ0) is 25.3. The number of rotatable bonds is 13. The highest BCUT2D eigenvalue weighted by Crippen LogP contribution is 2.34. The number of halogens is 1. The summed E-state index contributed by atoms with van der Waals surface area (Å²) in [5, 5.41) is 15.4. The number of aliphatic hydroxyl groups is 1. The van der Waals surface area contributed by atoms with Crippen LogP contribution in [0.4, 0.5) is 4.39 Å². The molecule has 0 fully saturated rings. The fourth-order valence-corrected chi connectivity index (χ4v) is 3.96. The maximum absolute atomic E-state index is 13.9. The standard InChI is InChI=1S/C28H30FN3O4/c1-3-14-34-20-23(33)17-32(18-25-13-8-15-35-25)19-26-27(21-9-5-4-6-10-21)30-31(2)28(26)36-24-12-7-11-22(29)16-24/h3-13,15-16,23,33H,1,14,17-20H2,2H3/t23-/m1/s1. The summed E-state index contributed by atoms with van der Waals surface area (Å²) < 4.78 is 32.7. The zero-order valence-corrected chi connectivity index (χ0v) is 20.2. The minimum atomic E-state index is -0.732. The van der Waals surface area contributed by atoms with Gasteiger partial charge in [-0.25, -0.2) is 9.07 Å². The Bertz CT molecular complexity index is 1240. The van der Waals surface area contributed by atoms with Crippen LogP contribution in [0.2, 0.25) is 0 Å². The molecule has 7 nitrogen and oxygen atoms in total. The summed E-state index contributed by atoms with van der Waals surface area (Å²) in [5.41, 5.74) is 2.47. The molecule has 0 aliphatic rings. The van der Waals surface area contributed by atoms with E-state index in [9.17, 15) is 9.50 Å². The summed E-state index contributed by atoms with van der Waals surface area (Å²) >= 11 is 0. The van der Waals surface area contributed by atoms with E-state index in [-0.39, 0.29) is 12.4 Å². The predicted octanol–water partition coefficient (Wildman–Crippen LogP) is 5.18. The summed E-state index contributed by atoms with van der Waals surface area (Å²) in [5.74, 6) is 1.23. The quantitative estimate of drug-likeness (QED) is 0.205. The lowest BCUT2D eigenvalue weighted by Gasteiger charge is -2.24. The molecule has 2 aromatic heterocycles. The van der Waals surface area contributed by atoms with Gasteiger partial charge in [-0.15, -0.1) is 6.58 Å². The molecule has 0 spiro atoms. The molecule has 4 rings (SSSR count). The number of benzene rings is 2. The number of aliphatic hydroxyl groups excluding tert-OH is 1. The summed E-state index contributed by atoms with van der Waals surface area (Å²) in [6.07, 6.45) is 2.53. The Labute approximate surface area is 210 Å². The van der Waals surface area contributed by atoms with Crippen molar-refractivity contribution >= 4 is 0 Å². The van der Waals surface area contributed by atoms with Crippen molar-refractivity contribution < 1.29 is 23.4 Å². The van der Waals surface area contributed by atoms with Crippen molar-refractivity contribution in [3.8, 4) is 22.9 Å². The van der Waals surface area contributed by atoms with E-state index in [0.717, 1.165) is 22.6 Å². The lowest BCUT2D eigenvalue weighted by atomic mass is 10.1. The second-order valence-electron chi connectivity index (χ2n) is 8.41. The Morgan fingerprint density at radius 1 is 1.14 bits per heavy atom. The molecule has 36 heavy (non-hydrogen) atoms. The van der Waals surface area contributed by atoms with Gasteiger partial charge in [0, 0.05) is 31.8 Å². The summed E-state index contributed by atoms with van der Waals surface area (Å²) in [6.45, 7) is 5.34. The fraction of sp³-hybridized carbons (Fsp3) is 0.250. The van der Waals surface area contributed by atoms with E-state index in [1.165, 1.54) is 12.1 Å². The van der Waals surface area contributed by atoms with Crippen LogP contribution in [-0.4, -0.2) is 45.6 Å². The molecule has 2 aromatic carbocycles. The smallest absolute Gasteiger partial charge is 0.222 e. The van der Waals surface area contributed by atoms with Gasteiger partial charge < -0.3 is 19.0 Å². The first-order valence-corrected chi connectivity index (χ1v) is 11.7. The van der Waals surface area contributed by atoms with E-state index in [2.05, 4.69) is 6.58 Å². The second-order valence-corrected chi connectivity index (χ2v) is 8.41. The van der Waals surface area contributed by atoms with E-state index in [4.69, 9.17) is 19.0 Å². The number of furan rings is 1. The molecule has 0 radical (unpaired) electrons. The van der Waals surface area contributed by atoms with Crippen LogP contribution >= 0.6 is 0 Å². The first-order chi connectivity index (χ1) is 17.5. The Kier molecular flexibility index (Phi) is 8.67. The molecular formula is C28H30FN3O4. The highest BCUT2D eigenvalue weighted by Gasteiger charge is 2.24. The van der Waals surface area contributed by atoms with Gasteiger partial charge in [0.05, 0.1) is 37.7 Å². The SMILES string of the molecule is C=CCOC[C@H](O)CN(Cc1ccco1)Cc1c(-c2ccccc2)nn(C)c1Oc1cccc(F)c1. The van der Waals surface area contributed by atoms with Crippen molar-refractivity contribution in [1.82, 2.24) is 14.7 Å². The number of nitrogens with zero attached hydrogens (tertiary/aromatic N) is 3. The normalized spacial score (nSPS) is 12.1. The van der Waals surface area contributed by atoms with Crippen LogP contribution in [0.3, 0.4) is 0 Å². The maximum Gasteiger partial charge on any atom is 0.222 e. The largest absolute Gasteiger partial charge is 0.468 e. The Hall–Kier alpha value is -3.72. The van der Waals surface area contributed by atoms with Crippen molar-refractivity contribution in [3.05, 3.63) is 103 Å². The number of aromatic nitrogens is 2. The topological polar surface area (TPSA) is 72.9 Å². The van der Waals surface area contributed by atoms with Crippen molar-refractivity contribution in [2.24, 2.45) is 7.05 Å². The van der Waals surface area contributed by atoms with Gasteiger partial charge in [0.1, 0.15) is 23.0 Å². The monoisotopic (exact) mass is 491 g/mol. The summed E-state index contributed by atoms with van der Waals surface area (Å²) in [4.78, 5) is 2.04. The van der Waals surface area contributed by atoms with E-state index in [1.807, 2.05) is 47.4 Å². The van der Waals surface area contributed by atoms with Crippen LogP contribution in [0.5, 0.6) is 11.6 Å². The molecule has 2 heterocycles. The molecule has 0 unspecified atom stereocenters. The van der Waals surface area contributed by atoms with E-state index in [0.29, 0.717) is 37.9 Å². The number of aryl methyl sites for hydroxylation is 1. The second kappa shape index (κ2) is 12.3. The number of hydrogen-bond acceptors (Lipinski definition) is 6. The lowest BCUT2D eigenvalue weighted by molar-refractivity contribution is 0.0215. The Balaban J connectivity index is 1.68. The van der Waals surface area contributed by atoms with Gasteiger partial charge in [0.2, 0.25) is 5.88 Å². The molecule has 8 heteroatoms. The van der Waals surface area contributed by atoms with E-state index in [1.54, 1.807) is 36.2 Å². The minimum Gasteiger partial charge on any atom is -0.468 e. The third kappa shape index (κ3) is 6.69. The molecule has 0 amide bonds. The van der Waals surface area contributed by atoms with Crippen LogP contribution in [0.25, 0.3) is 11.3 Å². The number of ether oxygens (including phenoxy) is 2. The average molecular weight is 492 g/mol. The maximum atomic E-state index is 13.9. The molecule has 0 aliphatic carbocycles. The van der Waals surface area contributed by atoms with Crippen LogP contribution in [0.15, 0.2) is 90.1 Å². The Morgan fingerprint density at radius 2 is 1.97 bits per heavy atom. The van der Waals surface area contributed by atoms with Crippen molar-refractivity contribution in [1.29, 1.82) is 0 Å². The van der Waals surface area contributed by atoms with Crippen LogP contribution in [0, 0.1) is 5.82 Å². The van der Waals surface area contributed by atoms with E-state index >= 15 is 0 Å². The van der Waals surface area contributed by atoms with Gasteiger partial charge in [-0.3, -0.25) is 4.90 Å². The highest BCUT2D eigenvalue weighted by atomic mass is 19.1. The molecule has 188 valence electrons. The molecule has 0 aliphatic heterocycles. The molecule has 0 bridgehead atoms. The molecular weight excluding hydrogens is 461 g/mol. The third-order valence-electron chi connectivity index (χ3n) is 5.50. The van der Waals surface area contributed by atoms with Crippen molar-refractivity contribution in [3.63, 3.8) is 0 Å². The number of hydrogen-bond donors (Lipinski definition) is 1. The van der Waals surface area contributed by atoms with Gasteiger partial charge in [0.15, 0.2) is 0 Å². The Morgan fingerprint density at radius 3 is 2.69 bits per heavy atom. The fourth-order valence-electron chi connectivity index (χ4n) is 3.96. The van der Waals surface area contributed by atoms with Crippen LogP contribution in [-0.2, 0) is 24.9 Å². The van der Waals surface area contributed by atoms with Gasteiger partial charge in [-0.2, -0.15) is 5.10 Å². The molecule has 4 aromatic rings. The third-order valence-corrected chi connectivity index (χ3v) is 5.50. The summed E-state index contributed by atoms with van der Waals surface area (Å²) in [6, 6.07) is 19.5. The molecule has 1 atom stereocenters. The zero-order valence-electron chi connectivity index (χ0n) is 20.2. The van der Waals surface area contributed by atoms with E-state index < -0.39 is 6.10 Å². The molecule has 1 N–H and O–H groups in total. The van der Waals surface area contributed by atoms with Gasteiger partial charge in [-0.05, 0) is 24.3 Å². The van der Waals surface area contributed by atoms with Crippen molar-refractivity contribution in [2.75, 3.05) is 19.8 Å². The van der Waals surface area contributed by atoms with Crippen LogP contribution in [0.1, 0.15) is 11.3 Å². The van der Waals surface area contributed by atoms with Crippen molar-refractivity contribution in [2.45, 2.75) is 19.2 Å².